The van der Waals surface area contributed by atoms with Crippen molar-refractivity contribution in [2.24, 2.45) is 5.73 Å². The minimum absolute atomic E-state index is 0.0566. The monoisotopic (exact) mass is 386 g/mol. The van der Waals surface area contributed by atoms with Crippen molar-refractivity contribution < 1.29 is 14.6 Å². The Balaban J connectivity index is 1.71. The van der Waals surface area contributed by atoms with E-state index >= 15 is 0 Å². The van der Waals surface area contributed by atoms with E-state index in [2.05, 4.69) is 31.1 Å². The molecule has 0 radical (unpaired) electrons. The molecule has 148 valence electrons. The highest BCUT2D eigenvalue weighted by atomic mass is 16.5. The lowest BCUT2D eigenvalue weighted by molar-refractivity contribution is 0.113. The van der Waals surface area contributed by atoms with E-state index in [-0.39, 0.29) is 31.1 Å². The van der Waals surface area contributed by atoms with Crippen molar-refractivity contribution in [3.05, 3.63) is 36.0 Å². The summed E-state index contributed by atoms with van der Waals surface area (Å²) in [6.07, 6.45) is 5.82. The van der Waals surface area contributed by atoms with Crippen LogP contribution in [0.4, 0.5) is 5.82 Å². The number of hydrogen-bond donors (Lipinski definition) is 5. The van der Waals surface area contributed by atoms with Crippen molar-refractivity contribution in [2.45, 2.75) is 24.7 Å². The zero-order valence-corrected chi connectivity index (χ0v) is 15.3. The number of methoxy groups -OCH3 is 1. The predicted molar refractivity (Wildman–Crippen MR) is 99.1 cm³/mol. The molecule has 11 nitrogen and oxygen atoms in total. The van der Waals surface area contributed by atoms with Gasteiger partial charge in [0.25, 0.3) is 0 Å². The molecule has 3 rings (SSSR count). The van der Waals surface area contributed by atoms with Crippen molar-refractivity contribution >= 4 is 5.82 Å². The lowest BCUT2D eigenvalue weighted by Gasteiger charge is -2.19. The number of rotatable bonds is 8. The van der Waals surface area contributed by atoms with Gasteiger partial charge in [-0.1, -0.05) is 0 Å². The molecular formula is C17H22N8O3. The van der Waals surface area contributed by atoms with Crippen LogP contribution in [0, 0.1) is 11.3 Å². The summed E-state index contributed by atoms with van der Waals surface area (Å²) in [5.41, 5.74) is 12.8. The molecule has 2 aromatic heterocycles. The Morgan fingerprint density at radius 2 is 2.14 bits per heavy atom. The molecule has 0 aliphatic carbocycles. The summed E-state index contributed by atoms with van der Waals surface area (Å²) in [4.78, 5) is 12.3. The predicted octanol–water partition coefficient (Wildman–Crippen LogP) is -0.573. The smallest absolute Gasteiger partial charge is 0.158 e. The minimum atomic E-state index is -0.766. The molecule has 1 saturated heterocycles. The van der Waals surface area contributed by atoms with Gasteiger partial charge in [-0.3, -0.25) is 4.98 Å². The number of aromatic nitrogens is 3. The molecule has 28 heavy (non-hydrogen) atoms. The Morgan fingerprint density at radius 3 is 2.82 bits per heavy atom. The maximum atomic E-state index is 9.67. The first-order valence-electron chi connectivity index (χ1n) is 8.67. The van der Waals surface area contributed by atoms with Crippen molar-refractivity contribution in [1.29, 1.82) is 5.26 Å². The quantitative estimate of drug-likeness (QED) is 0.394. The van der Waals surface area contributed by atoms with Gasteiger partial charge in [-0.25, -0.2) is 20.8 Å². The first kappa shape index (κ1) is 19.7. The third-order valence-electron chi connectivity index (χ3n) is 4.18. The van der Waals surface area contributed by atoms with E-state index in [1.54, 1.807) is 19.5 Å². The molecule has 1 fully saturated rings. The van der Waals surface area contributed by atoms with Gasteiger partial charge < -0.3 is 25.6 Å². The fourth-order valence-corrected chi connectivity index (χ4v) is 2.79. The number of aliphatic hydroxyl groups excluding tert-OH is 1. The number of hydrazine groups is 1. The first-order chi connectivity index (χ1) is 13.6. The topological polar surface area (TPSA) is 163 Å². The summed E-state index contributed by atoms with van der Waals surface area (Å²) in [5.74, 6) is 1.62. The van der Waals surface area contributed by atoms with Gasteiger partial charge in [-0.2, -0.15) is 5.26 Å². The summed E-state index contributed by atoms with van der Waals surface area (Å²) in [6.45, 7) is 0.161. The third kappa shape index (κ3) is 4.62. The lowest BCUT2D eigenvalue weighted by Crippen LogP contribution is -2.36. The second-order valence-corrected chi connectivity index (χ2v) is 6.13. The van der Waals surface area contributed by atoms with E-state index in [0.29, 0.717) is 23.7 Å². The van der Waals surface area contributed by atoms with Crippen molar-refractivity contribution in [3.63, 3.8) is 0 Å². The molecule has 1 aliphatic rings. The SMILES string of the molecule is COc1cncc(OC[C@@H](O)CN)c1C1CC(Nc2cnc(C#N)cn2)NN1. The highest BCUT2D eigenvalue weighted by Gasteiger charge is 2.30. The van der Waals surface area contributed by atoms with Crippen LogP contribution in [0.3, 0.4) is 0 Å². The second-order valence-electron chi connectivity index (χ2n) is 6.13. The van der Waals surface area contributed by atoms with Crippen LogP contribution in [0.5, 0.6) is 11.5 Å². The maximum absolute atomic E-state index is 9.67. The van der Waals surface area contributed by atoms with E-state index in [0.717, 1.165) is 5.56 Å². The summed E-state index contributed by atoms with van der Waals surface area (Å²) < 4.78 is 11.1. The molecule has 0 amide bonds. The Labute approximate surface area is 161 Å². The molecule has 11 heteroatoms. The normalized spacial score (nSPS) is 19.6. The molecule has 0 spiro atoms. The maximum Gasteiger partial charge on any atom is 0.158 e. The standard InChI is InChI=1S/C17H22N8O3/c1-27-13-6-20-7-14(28-9-11(26)4-19)17(13)12-2-15(25-24-12)23-16-8-21-10(3-18)5-22-16/h5-8,11-12,15,24-26H,2,4,9,19H2,1H3,(H,22,23)/t11-,12?,15?/m0/s1. The van der Waals surface area contributed by atoms with Gasteiger partial charge in [0.1, 0.15) is 36.1 Å². The van der Waals surface area contributed by atoms with Gasteiger partial charge in [-0.15, -0.1) is 0 Å². The lowest BCUT2D eigenvalue weighted by atomic mass is 10.0. The van der Waals surface area contributed by atoms with Crippen LogP contribution < -0.4 is 31.4 Å². The molecule has 0 bridgehead atoms. The highest BCUT2D eigenvalue weighted by molar-refractivity contribution is 5.45. The van der Waals surface area contributed by atoms with Crippen LogP contribution in [0.2, 0.25) is 0 Å². The van der Waals surface area contributed by atoms with Crippen LogP contribution in [0.1, 0.15) is 23.7 Å². The number of hydrogen-bond acceptors (Lipinski definition) is 11. The molecule has 1 aliphatic heterocycles. The average Bonchev–Trinajstić information content (AvgIpc) is 3.20. The molecule has 0 saturated carbocycles. The number of nitrogens with zero attached hydrogens (tertiary/aromatic N) is 4. The zero-order valence-electron chi connectivity index (χ0n) is 15.3. The van der Waals surface area contributed by atoms with Crippen LogP contribution in [-0.4, -0.2) is 52.6 Å². The second kappa shape index (κ2) is 9.25. The van der Waals surface area contributed by atoms with Crippen molar-refractivity contribution in [3.8, 4) is 17.6 Å². The van der Waals surface area contributed by atoms with Crippen molar-refractivity contribution in [2.75, 3.05) is 25.6 Å². The average molecular weight is 386 g/mol. The van der Waals surface area contributed by atoms with E-state index in [1.165, 1.54) is 12.4 Å². The molecule has 2 unspecified atom stereocenters. The fraction of sp³-hybridized carbons (Fsp3) is 0.412. The molecule has 3 heterocycles. The number of pyridine rings is 1. The summed E-state index contributed by atoms with van der Waals surface area (Å²) in [7, 11) is 1.56. The Kier molecular flexibility index (Phi) is 6.51. The molecule has 0 aromatic carbocycles. The minimum Gasteiger partial charge on any atom is -0.495 e. The van der Waals surface area contributed by atoms with Gasteiger partial charge >= 0.3 is 0 Å². The van der Waals surface area contributed by atoms with Gasteiger partial charge in [0, 0.05) is 13.0 Å². The molecule has 3 atom stereocenters. The van der Waals surface area contributed by atoms with E-state index in [9.17, 15) is 5.11 Å². The number of nitrogens with two attached hydrogens (primary N) is 1. The largest absolute Gasteiger partial charge is 0.495 e. The number of nitriles is 1. The fourth-order valence-electron chi connectivity index (χ4n) is 2.79. The van der Waals surface area contributed by atoms with Crippen molar-refractivity contribution in [1.82, 2.24) is 25.8 Å². The first-order valence-corrected chi connectivity index (χ1v) is 8.67. The summed E-state index contributed by atoms with van der Waals surface area (Å²) >= 11 is 0. The zero-order chi connectivity index (χ0) is 19.9. The van der Waals surface area contributed by atoms with Gasteiger partial charge in [0.2, 0.25) is 0 Å². The molecule has 2 aromatic rings. The van der Waals surface area contributed by atoms with Crippen LogP contribution in [0.25, 0.3) is 0 Å². The number of nitrogens with one attached hydrogen (secondary N) is 3. The Bertz CT molecular complexity index is 826. The van der Waals surface area contributed by atoms with Crippen LogP contribution in [0.15, 0.2) is 24.8 Å². The van der Waals surface area contributed by atoms with E-state index in [4.69, 9.17) is 20.5 Å². The van der Waals surface area contributed by atoms with Gasteiger partial charge in [-0.05, 0) is 0 Å². The molecule has 6 N–H and O–H groups in total. The van der Waals surface area contributed by atoms with E-state index < -0.39 is 6.10 Å². The van der Waals surface area contributed by atoms with Gasteiger partial charge in [0.05, 0.1) is 49.7 Å². The van der Waals surface area contributed by atoms with Crippen LogP contribution >= 0.6 is 0 Å². The highest BCUT2D eigenvalue weighted by Crippen LogP contribution is 2.36. The van der Waals surface area contributed by atoms with E-state index in [1.807, 2.05) is 6.07 Å². The van der Waals surface area contributed by atoms with Crippen LogP contribution in [-0.2, 0) is 0 Å². The molecular weight excluding hydrogens is 364 g/mol. The Hall–Kier alpha value is -3.04. The number of aliphatic hydroxyl groups is 1. The van der Waals surface area contributed by atoms with Gasteiger partial charge in [0.15, 0.2) is 5.69 Å². The third-order valence-corrected chi connectivity index (χ3v) is 4.18. The summed E-state index contributed by atoms with van der Waals surface area (Å²) in [5, 5.41) is 21.7. The summed E-state index contributed by atoms with van der Waals surface area (Å²) in [6, 6.07) is 1.78. The number of ether oxygens (including phenoxy) is 2. The number of anilines is 1. The Morgan fingerprint density at radius 1 is 1.32 bits per heavy atom.